The molecule has 0 heterocycles. The van der Waals surface area contributed by atoms with Crippen LogP contribution in [0.25, 0.3) is 0 Å². The van der Waals surface area contributed by atoms with Crippen molar-refractivity contribution in [2.24, 2.45) is 0 Å². The summed E-state index contributed by atoms with van der Waals surface area (Å²) in [4.78, 5) is 28.7. The molecule has 1 atom stereocenters. The van der Waals surface area contributed by atoms with Gasteiger partial charge in [-0.05, 0) is 65.0 Å². The van der Waals surface area contributed by atoms with Gasteiger partial charge >= 0.3 is 0 Å². The molecule has 2 aromatic rings. The zero-order valence-electron chi connectivity index (χ0n) is 20.9. The van der Waals surface area contributed by atoms with Crippen molar-refractivity contribution in [3.05, 3.63) is 62.5 Å². The van der Waals surface area contributed by atoms with E-state index in [0.717, 1.165) is 42.7 Å². The van der Waals surface area contributed by atoms with E-state index >= 15 is 0 Å². The van der Waals surface area contributed by atoms with Gasteiger partial charge in [-0.1, -0.05) is 67.6 Å². The van der Waals surface area contributed by atoms with Gasteiger partial charge in [0.2, 0.25) is 21.8 Å². The first kappa shape index (κ1) is 29.7. The third kappa shape index (κ3) is 8.09. The fourth-order valence-electron chi connectivity index (χ4n) is 4.55. The number of nitrogens with zero attached hydrogens (tertiary/aromatic N) is 2. The molecule has 0 unspecified atom stereocenters. The largest absolute Gasteiger partial charge is 0.352 e. The Morgan fingerprint density at radius 2 is 1.76 bits per heavy atom. The second-order valence-corrected chi connectivity index (χ2v) is 12.8. The highest BCUT2D eigenvalue weighted by molar-refractivity contribution is 9.10. The van der Waals surface area contributed by atoms with Crippen LogP contribution in [0.3, 0.4) is 0 Å². The Hall–Kier alpha value is -1.81. The van der Waals surface area contributed by atoms with E-state index in [0.29, 0.717) is 32.2 Å². The lowest BCUT2D eigenvalue weighted by Crippen LogP contribution is -2.54. The minimum absolute atomic E-state index is 0.0693. The van der Waals surface area contributed by atoms with E-state index in [9.17, 15) is 18.0 Å². The zero-order chi connectivity index (χ0) is 27.2. The number of hydrogen-bond donors (Lipinski definition) is 1. The second-order valence-electron chi connectivity index (χ2n) is 9.26. The van der Waals surface area contributed by atoms with Crippen LogP contribution < -0.4 is 9.62 Å². The molecule has 1 aliphatic carbocycles. The smallest absolute Gasteiger partial charge is 0.244 e. The molecule has 2 aromatic carbocycles. The molecular weight excluding hydrogens is 601 g/mol. The van der Waals surface area contributed by atoms with Crippen LogP contribution in [-0.2, 0) is 26.2 Å². The first-order chi connectivity index (χ1) is 17.5. The Morgan fingerprint density at radius 1 is 1.08 bits per heavy atom. The first-order valence-electron chi connectivity index (χ1n) is 12.3. The number of anilines is 1. The summed E-state index contributed by atoms with van der Waals surface area (Å²) in [5, 5.41) is 3.82. The lowest BCUT2D eigenvalue weighted by molar-refractivity contribution is -0.140. The topological polar surface area (TPSA) is 86.8 Å². The van der Waals surface area contributed by atoms with E-state index in [-0.39, 0.29) is 18.5 Å². The average molecular weight is 633 g/mol. The van der Waals surface area contributed by atoms with E-state index in [1.165, 1.54) is 4.90 Å². The van der Waals surface area contributed by atoms with Crippen molar-refractivity contribution < 1.29 is 18.0 Å². The van der Waals surface area contributed by atoms with Crippen molar-refractivity contribution in [2.75, 3.05) is 17.1 Å². The fourth-order valence-corrected chi connectivity index (χ4v) is 6.35. The van der Waals surface area contributed by atoms with Crippen LogP contribution in [0.15, 0.2) is 46.9 Å². The number of nitrogens with one attached hydrogen (secondary N) is 1. The van der Waals surface area contributed by atoms with Crippen LogP contribution in [0, 0.1) is 0 Å². The normalized spacial score (nSPS) is 15.2. The van der Waals surface area contributed by atoms with Gasteiger partial charge in [-0.2, -0.15) is 0 Å². The third-order valence-corrected chi connectivity index (χ3v) is 9.01. The first-order valence-corrected chi connectivity index (χ1v) is 15.7. The number of amides is 2. The zero-order valence-corrected chi connectivity index (χ0v) is 24.8. The molecule has 7 nitrogen and oxygen atoms in total. The van der Waals surface area contributed by atoms with Gasteiger partial charge < -0.3 is 10.2 Å². The minimum atomic E-state index is -3.81. The van der Waals surface area contributed by atoms with Gasteiger partial charge in [0.15, 0.2) is 0 Å². The number of hydrogen-bond acceptors (Lipinski definition) is 4. The third-order valence-electron chi connectivity index (χ3n) is 6.47. The number of para-hydroxylation sites is 1. The van der Waals surface area contributed by atoms with E-state index in [1.54, 1.807) is 42.5 Å². The highest BCUT2D eigenvalue weighted by atomic mass is 79.9. The molecule has 1 saturated carbocycles. The van der Waals surface area contributed by atoms with E-state index < -0.39 is 28.5 Å². The standard InChI is InChI=1S/C26H32BrCl2N3O4S/c1-3-23(26(34)30-19-9-5-4-6-10-19)31(16-18-13-14-21(28)22(29)15-18)25(33)17-32(37(2,35)36)24-12-8-7-11-20(24)27/h7-8,11-15,19,23H,3-6,9-10,16-17H2,1-2H3,(H,30,34)/t23-/m1/s1. The van der Waals surface area contributed by atoms with Crippen LogP contribution in [0.5, 0.6) is 0 Å². The highest BCUT2D eigenvalue weighted by Gasteiger charge is 2.33. The molecule has 2 amide bonds. The summed E-state index contributed by atoms with van der Waals surface area (Å²) in [5.41, 5.74) is 1.02. The lowest BCUT2D eigenvalue weighted by atomic mass is 9.95. The van der Waals surface area contributed by atoms with Gasteiger partial charge in [0.05, 0.1) is 22.0 Å². The molecule has 11 heteroatoms. The number of halogens is 3. The molecule has 3 rings (SSSR count). The van der Waals surface area contributed by atoms with Crippen molar-refractivity contribution in [2.45, 2.75) is 64.1 Å². The second kappa shape index (κ2) is 13.3. The predicted octanol–water partition coefficient (Wildman–Crippen LogP) is 5.78. The molecule has 0 spiro atoms. The van der Waals surface area contributed by atoms with Crippen molar-refractivity contribution in [3.63, 3.8) is 0 Å². The molecule has 0 bridgehead atoms. The van der Waals surface area contributed by atoms with Crippen LogP contribution in [0.1, 0.15) is 51.0 Å². The Kier molecular flexibility index (Phi) is 10.7. The summed E-state index contributed by atoms with van der Waals surface area (Å²) >= 11 is 15.7. The molecule has 202 valence electrons. The van der Waals surface area contributed by atoms with Gasteiger partial charge in [0.1, 0.15) is 12.6 Å². The van der Waals surface area contributed by atoms with Crippen molar-refractivity contribution in [3.8, 4) is 0 Å². The lowest BCUT2D eigenvalue weighted by Gasteiger charge is -2.34. The maximum Gasteiger partial charge on any atom is 0.244 e. The highest BCUT2D eigenvalue weighted by Crippen LogP contribution is 2.29. The van der Waals surface area contributed by atoms with Gasteiger partial charge in [-0.25, -0.2) is 8.42 Å². The van der Waals surface area contributed by atoms with Gasteiger partial charge in [0, 0.05) is 17.1 Å². The molecule has 0 aliphatic heterocycles. The summed E-state index contributed by atoms with van der Waals surface area (Å²) in [6, 6.07) is 11.1. The van der Waals surface area contributed by atoms with Gasteiger partial charge in [-0.15, -0.1) is 0 Å². The summed E-state index contributed by atoms with van der Waals surface area (Å²) in [6.07, 6.45) is 6.50. The SMILES string of the molecule is CC[C@H](C(=O)NC1CCCCC1)N(Cc1ccc(Cl)c(Cl)c1)C(=O)CN(c1ccccc1Br)S(C)(=O)=O. The predicted molar refractivity (Wildman–Crippen MR) is 152 cm³/mol. The van der Waals surface area contributed by atoms with Crippen LogP contribution in [-0.4, -0.2) is 50.0 Å². The molecule has 0 radical (unpaired) electrons. The Bertz CT molecular complexity index is 1220. The van der Waals surface area contributed by atoms with Crippen molar-refractivity contribution in [1.29, 1.82) is 0 Å². The number of carbonyl (C=O) groups excluding carboxylic acids is 2. The van der Waals surface area contributed by atoms with E-state index in [1.807, 2.05) is 6.92 Å². The maximum atomic E-state index is 13.8. The average Bonchev–Trinajstić information content (AvgIpc) is 2.85. The number of carbonyl (C=O) groups is 2. The molecule has 0 saturated heterocycles. The van der Waals surface area contributed by atoms with Crippen molar-refractivity contribution >= 4 is 66.7 Å². The maximum absolute atomic E-state index is 13.8. The molecule has 37 heavy (non-hydrogen) atoms. The minimum Gasteiger partial charge on any atom is -0.352 e. The van der Waals surface area contributed by atoms with E-state index in [2.05, 4.69) is 21.2 Å². The van der Waals surface area contributed by atoms with Crippen molar-refractivity contribution in [1.82, 2.24) is 10.2 Å². The number of sulfonamides is 1. The molecule has 1 fully saturated rings. The monoisotopic (exact) mass is 631 g/mol. The van der Waals surface area contributed by atoms with Crippen LogP contribution >= 0.6 is 39.1 Å². The van der Waals surface area contributed by atoms with Gasteiger partial charge in [-0.3, -0.25) is 13.9 Å². The summed E-state index contributed by atoms with van der Waals surface area (Å²) in [5.74, 6) is -0.743. The fraction of sp³-hybridized carbons (Fsp3) is 0.462. The molecule has 1 N–H and O–H groups in total. The Balaban J connectivity index is 1.94. The van der Waals surface area contributed by atoms with E-state index in [4.69, 9.17) is 23.2 Å². The Labute approximate surface area is 237 Å². The quantitative estimate of drug-likeness (QED) is 0.360. The van der Waals surface area contributed by atoms with Crippen LogP contribution in [0.4, 0.5) is 5.69 Å². The summed E-state index contributed by atoms with van der Waals surface area (Å²) in [7, 11) is -3.81. The van der Waals surface area contributed by atoms with Crippen LogP contribution in [0.2, 0.25) is 10.0 Å². The number of benzene rings is 2. The summed E-state index contributed by atoms with van der Waals surface area (Å²) < 4.78 is 27.1. The summed E-state index contributed by atoms with van der Waals surface area (Å²) in [6.45, 7) is 1.44. The Morgan fingerprint density at radius 3 is 2.35 bits per heavy atom. The van der Waals surface area contributed by atoms with Gasteiger partial charge in [0.25, 0.3) is 0 Å². The molecule has 1 aliphatic rings. The molecular formula is C26H32BrCl2N3O4S. The molecule has 0 aromatic heterocycles. The number of rotatable bonds is 10.